The summed E-state index contributed by atoms with van der Waals surface area (Å²) in [6, 6.07) is 0. The van der Waals surface area contributed by atoms with E-state index in [-0.39, 0.29) is 0 Å². The van der Waals surface area contributed by atoms with E-state index in [0.717, 1.165) is 11.0 Å². The molecule has 3 rings (SSSR count). The highest BCUT2D eigenvalue weighted by Gasteiger charge is 2.20. The fraction of sp³-hybridized carbons (Fsp3) is 0.400. The molecule has 0 aromatic carbocycles. The minimum atomic E-state index is 0.628. The van der Waals surface area contributed by atoms with Crippen LogP contribution in [0.4, 0.5) is 0 Å². The summed E-state index contributed by atoms with van der Waals surface area (Å²) >= 11 is 5.92. The van der Waals surface area contributed by atoms with Gasteiger partial charge in [-0.05, 0) is 0 Å². The average molecular weight is 254 g/mol. The normalized spacial score (nSPS) is 22.0. The molecule has 0 saturated carbocycles. The largest absolute Gasteiger partial charge is 0.252 e. The molecule has 15 heavy (non-hydrogen) atoms. The Morgan fingerprint density at radius 2 is 2.13 bits per heavy atom. The lowest BCUT2D eigenvalue weighted by Crippen LogP contribution is -2.05. The molecule has 1 atom stereocenters. The summed E-state index contributed by atoms with van der Waals surface area (Å²) in [6.07, 6.45) is 3.56. The van der Waals surface area contributed by atoms with Gasteiger partial charge in [-0.1, -0.05) is 0 Å². The molecule has 0 aliphatic carbocycles. The predicted molar refractivity (Wildman–Crippen MR) is 69.9 cm³/mol. The van der Waals surface area contributed by atoms with Crippen molar-refractivity contribution < 1.29 is 0 Å². The highest BCUT2D eigenvalue weighted by atomic mass is 32.2. The van der Waals surface area contributed by atoms with Gasteiger partial charge in [0, 0.05) is 39.9 Å². The standard InChI is InChI=1S/C10H10N2S3/c1-2-12-9-7(11-1)5-15-10(9)8-6-13-3-4-14-8/h1-2,5,8H,3-4,6H2. The molecule has 3 heterocycles. The number of aromatic nitrogens is 2. The molecule has 0 N–H and O–H groups in total. The maximum atomic E-state index is 4.44. The van der Waals surface area contributed by atoms with Gasteiger partial charge in [-0.2, -0.15) is 23.5 Å². The first-order chi connectivity index (χ1) is 7.45. The second-order valence-electron chi connectivity index (χ2n) is 3.32. The molecule has 1 unspecified atom stereocenters. The van der Waals surface area contributed by atoms with Gasteiger partial charge in [-0.15, -0.1) is 11.3 Å². The average Bonchev–Trinajstić information content (AvgIpc) is 2.74. The molecule has 2 nitrogen and oxygen atoms in total. The van der Waals surface area contributed by atoms with E-state index in [2.05, 4.69) is 27.1 Å². The van der Waals surface area contributed by atoms with Crippen molar-refractivity contribution in [2.24, 2.45) is 0 Å². The third kappa shape index (κ3) is 1.88. The van der Waals surface area contributed by atoms with Crippen LogP contribution in [0, 0.1) is 0 Å². The molecule has 2 aromatic heterocycles. The molecule has 1 aliphatic rings. The number of hydrogen-bond acceptors (Lipinski definition) is 5. The van der Waals surface area contributed by atoms with E-state index >= 15 is 0 Å². The second-order valence-corrected chi connectivity index (χ2v) is 6.70. The Kier molecular flexibility index (Phi) is 2.86. The molecule has 1 saturated heterocycles. The first kappa shape index (κ1) is 9.93. The van der Waals surface area contributed by atoms with Gasteiger partial charge in [-0.3, -0.25) is 9.97 Å². The molecule has 0 radical (unpaired) electrons. The topological polar surface area (TPSA) is 25.8 Å². The Morgan fingerprint density at radius 1 is 1.20 bits per heavy atom. The molecular formula is C10H10N2S3. The Labute approximate surface area is 101 Å². The monoisotopic (exact) mass is 254 g/mol. The number of nitrogens with zero attached hydrogens (tertiary/aromatic N) is 2. The highest BCUT2D eigenvalue weighted by Crippen LogP contribution is 2.41. The summed E-state index contributed by atoms with van der Waals surface area (Å²) in [5, 5.41) is 2.75. The van der Waals surface area contributed by atoms with Crippen molar-refractivity contribution >= 4 is 45.9 Å². The van der Waals surface area contributed by atoms with Gasteiger partial charge in [0.25, 0.3) is 0 Å². The van der Waals surface area contributed by atoms with Gasteiger partial charge >= 0.3 is 0 Å². The Bertz CT molecular complexity index is 462. The fourth-order valence-corrected chi connectivity index (χ4v) is 5.68. The summed E-state index contributed by atoms with van der Waals surface area (Å²) in [5.41, 5.74) is 2.16. The van der Waals surface area contributed by atoms with Crippen molar-refractivity contribution in [2.45, 2.75) is 5.25 Å². The van der Waals surface area contributed by atoms with Gasteiger partial charge < -0.3 is 0 Å². The number of fused-ring (bicyclic) bond motifs is 1. The fourth-order valence-electron chi connectivity index (χ4n) is 1.67. The van der Waals surface area contributed by atoms with E-state index in [4.69, 9.17) is 0 Å². The van der Waals surface area contributed by atoms with Crippen molar-refractivity contribution in [2.75, 3.05) is 17.3 Å². The third-order valence-electron chi connectivity index (χ3n) is 2.37. The molecular weight excluding hydrogens is 244 g/mol. The lowest BCUT2D eigenvalue weighted by atomic mass is 10.3. The van der Waals surface area contributed by atoms with Crippen LogP contribution in [0.3, 0.4) is 0 Å². The van der Waals surface area contributed by atoms with Crippen LogP contribution in [0.25, 0.3) is 11.0 Å². The van der Waals surface area contributed by atoms with Gasteiger partial charge in [0.05, 0.1) is 10.8 Å². The molecule has 1 fully saturated rings. The zero-order valence-corrected chi connectivity index (χ0v) is 10.5. The van der Waals surface area contributed by atoms with Crippen LogP contribution in [0.15, 0.2) is 17.8 Å². The summed E-state index contributed by atoms with van der Waals surface area (Å²) in [7, 11) is 0. The highest BCUT2D eigenvalue weighted by molar-refractivity contribution is 8.06. The third-order valence-corrected chi connectivity index (χ3v) is 6.36. The summed E-state index contributed by atoms with van der Waals surface area (Å²) in [5.74, 6) is 3.77. The van der Waals surface area contributed by atoms with Crippen LogP contribution < -0.4 is 0 Å². The lowest BCUT2D eigenvalue weighted by Gasteiger charge is -2.19. The number of thioether (sulfide) groups is 2. The van der Waals surface area contributed by atoms with Crippen LogP contribution in [-0.2, 0) is 0 Å². The zero-order valence-electron chi connectivity index (χ0n) is 8.05. The van der Waals surface area contributed by atoms with Crippen molar-refractivity contribution in [3.8, 4) is 0 Å². The van der Waals surface area contributed by atoms with Crippen LogP contribution >= 0.6 is 34.9 Å². The van der Waals surface area contributed by atoms with E-state index in [9.17, 15) is 0 Å². The minimum absolute atomic E-state index is 0.628. The molecule has 0 amide bonds. The van der Waals surface area contributed by atoms with Crippen molar-refractivity contribution in [3.63, 3.8) is 0 Å². The first-order valence-corrected chi connectivity index (χ1v) is 7.91. The van der Waals surface area contributed by atoms with Crippen molar-refractivity contribution in [1.29, 1.82) is 0 Å². The molecule has 5 heteroatoms. The molecule has 0 bridgehead atoms. The van der Waals surface area contributed by atoms with Gasteiger partial charge in [0.2, 0.25) is 0 Å². The molecule has 2 aromatic rings. The van der Waals surface area contributed by atoms with Gasteiger partial charge in [-0.25, -0.2) is 0 Å². The molecule has 78 valence electrons. The van der Waals surface area contributed by atoms with E-state index in [1.54, 1.807) is 12.4 Å². The van der Waals surface area contributed by atoms with Gasteiger partial charge in [0.15, 0.2) is 0 Å². The summed E-state index contributed by atoms with van der Waals surface area (Å²) < 4.78 is 0. The summed E-state index contributed by atoms with van der Waals surface area (Å²) in [4.78, 5) is 10.2. The number of thiophene rings is 1. The first-order valence-electron chi connectivity index (χ1n) is 4.82. The molecule has 1 aliphatic heterocycles. The lowest BCUT2D eigenvalue weighted by molar-refractivity contribution is 1.14. The minimum Gasteiger partial charge on any atom is -0.252 e. The van der Waals surface area contributed by atoms with Gasteiger partial charge in [0.1, 0.15) is 5.52 Å². The van der Waals surface area contributed by atoms with E-state index < -0.39 is 0 Å². The zero-order chi connectivity index (χ0) is 10.1. The van der Waals surface area contributed by atoms with Crippen LogP contribution in [0.1, 0.15) is 10.1 Å². The Balaban J connectivity index is 2.02. The van der Waals surface area contributed by atoms with E-state index in [1.165, 1.54) is 22.1 Å². The number of rotatable bonds is 1. The second kappa shape index (κ2) is 4.31. The summed E-state index contributed by atoms with van der Waals surface area (Å²) in [6.45, 7) is 0. The Morgan fingerprint density at radius 3 is 3.00 bits per heavy atom. The van der Waals surface area contributed by atoms with Crippen molar-refractivity contribution in [3.05, 3.63) is 22.7 Å². The van der Waals surface area contributed by atoms with E-state index in [1.807, 2.05) is 23.1 Å². The quantitative estimate of drug-likeness (QED) is 0.780. The maximum Gasteiger partial charge on any atom is 0.104 e. The van der Waals surface area contributed by atoms with Crippen LogP contribution in [-0.4, -0.2) is 27.2 Å². The number of hydrogen-bond donors (Lipinski definition) is 0. The molecule has 0 spiro atoms. The van der Waals surface area contributed by atoms with Crippen LogP contribution in [0.2, 0.25) is 0 Å². The smallest absolute Gasteiger partial charge is 0.104 e. The SMILES string of the molecule is c1cnc2c(C3CSCCS3)scc2n1. The maximum absolute atomic E-state index is 4.44. The van der Waals surface area contributed by atoms with Crippen molar-refractivity contribution in [1.82, 2.24) is 9.97 Å². The Hall–Kier alpha value is -0.260. The van der Waals surface area contributed by atoms with E-state index in [0.29, 0.717) is 5.25 Å². The predicted octanol–water partition coefficient (Wildman–Crippen LogP) is 3.21. The van der Waals surface area contributed by atoms with Crippen LogP contribution in [0.5, 0.6) is 0 Å².